The molecular weight excluding hydrogens is 672 g/mol. The van der Waals surface area contributed by atoms with Crippen molar-refractivity contribution < 1.29 is 19.2 Å². The minimum absolute atomic E-state index is 0.00869. The number of carbonyl (C=O) groups is 4. The summed E-state index contributed by atoms with van der Waals surface area (Å²) in [6.07, 6.45) is 23.1. The summed E-state index contributed by atoms with van der Waals surface area (Å²) in [5.74, 6) is -0.560. The monoisotopic (exact) mass is 751 g/mol. The van der Waals surface area contributed by atoms with Crippen molar-refractivity contribution in [3.8, 4) is 0 Å². The molecule has 12 N–H and O–H groups in total. The highest BCUT2D eigenvalue weighted by atomic mass is 16.2. The van der Waals surface area contributed by atoms with Crippen molar-refractivity contribution in [3.05, 3.63) is 0 Å². The van der Waals surface area contributed by atoms with Crippen LogP contribution in [0.3, 0.4) is 0 Å². The number of hydrogen-bond acceptors (Lipinski definition) is 6. The quantitative estimate of drug-likeness (QED) is 0.0256. The van der Waals surface area contributed by atoms with E-state index in [0.29, 0.717) is 64.7 Å². The van der Waals surface area contributed by atoms with Crippen molar-refractivity contribution >= 4 is 35.5 Å². The molecule has 0 aromatic carbocycles. The van der Waals surface area contributed by atoms with Gasteiger partial charge in [-0.25, -0.2) is 0 Å². The predicted molar refractivity (Wildman–Crippen MR) is 218 cm³/mol. The van der Waals surface area contributed by atoms with Gasteiger partial charge in [-0.3, -0.25) is 29.2 Å². The highest BCUT2D eigenvalue weighted by Crippen LogP contribution is 2.11. The van der Waals surface area contributed by atoms with Crippen LogP contribution in [-0.4, -0.2) is 73.8 Å². The number of nitrogens with zero attached hydrogens (tertiary/aromatic N) is 2. The van der Waals surface area contributed by atoms with E-state index in [1.807, 2.05) is 0 Å². The fourth-order valence-electron chi connectivity index (χ4n) is 6.01. The Morgan fingerprint density at radius 1 is 0.453 bits per heavy atom. The fraction of sp³-hybridized carbons (Fsp3) is 0.846. The van der Waals surface area contributed by atoms with Gasteiger partial charge in [0.15, 0.2) is 11.9 Å². The Bertz CT molecular complexity index is 938. The lowest BCUT2D eigenvalue weighted by Crippen LogP contribution is -2.47. The first-order valence-corrected chi connectivity index (χ1v) is 20.9. The average molecular weight is 751 g/mol. The minimum atomic E-state index is -0.620. The summed E-state index contributed by atoms with van der Waals surface area (Å²) in [5, 5.41) is 11.8. The molecule has 0 fully saturated rings. The number of guanidine groups is 2. The van der Waals surface area contributed by atoms with Crippen molar-refractivity contribution in [2.45, 2.75) is 186 Å². The Balaban J connectivity index is 4.50. The van der Waals surface area contributed by atoms with Crippen LogP contribution in [0.5, 0.6) is 0 Å². The van der Waals surface area contributed by atoms with Crippen LogP contribution >= 0.6 is 0 Å². The molecule has 308 valence electrons. The Hall–Kier alpha value is -3.58. The maximum Gasteiger partial charge on any atom is 0.242 e. The molecule has 53 heavy (non-hydrogen) atoms. The van der Waals surface area contributed by atoms with Crippen molar-refractivity contribution in [2.75, 3.05) is 26.2 Å². The summed E-state index contributed by atoms with van der Waals surface area (Å²) in [6, 6.07) is -1.24. The lowest BCUT2D eigenvalue weighted by atomic mass is 10.1. The molecule has 0 bridgehead atoms. The van der Waals surface area contributed by atoms with Gasteiger partial charge in [-0.05, 0) is 51.4 Å². The van der Waals surface area contributed by atoms with E-state index >= 15 is 0 Å². The van der Waals surface area contributed by atoms with E-state index in [9.17, 15) is 19.2 Å². The van der Waals surface area contributed by atoms with Gasteiger partial charge in [0.05, 0.1) is 0 Å². The van der Waals surface area contributed by atoms with E-state index < -0.39 is 12.1 Å². The summed E-state index contributed by atoms with van der Waals surface area (Å²) in [5.41, 5.74) is 21.7. The number of unbranched alkanes of at least 4 members (excludes halogenated alkanes) is 16. The zero-order chi connectivity index (χ0) is 39.4. The smallest absolute Gasteiger partial charge is 0.242 e. The van der Waals surface area contributed by atoms with Crippen LogP contribution in [0.15, 0.2) is 9.98 Å². The maximum atomic E-state index is 13.0. The number of hydrogen-bond donors (Lipinski definition) is 8. The summed E-state index contributed by atoms with van der Waals surface area (Å²) in [6.45, 7) is 6.23. The number of nitrogens with one attached hydrogen (secondary N) is 4. The molecule has 0 spiro atoms. The lowest BCUT2D eigenvalue weighted by molar-refractivity contribution is -0.129. The van der Waals surface area contributed by atoms with Crippen molar-refractivity contribution in [1.82, 2.24) is 21.3 Å². The number of carbonyl (C=O) groups excluding carboxylic acids is 4. The molecule has 0 aromatic rings. The molecule has 0 aliphatic carbocycles. The molecule has 0 heterocycles. The van der Waals surface area contributed by atoms with Gasteiger partial charge in [0.2, 0.25) is 23.6 Å². The number of nitrogens with two attached hydrogens (primary N) is 4. The van der Waals surface area contributed by atoms with Gasteiger partial charge >= 0.3 is 0 Å². The molecule has 0 saturated carbocycles. The molecule has 0 rings (SSSR count). The minimum Gasteiger partial charge on any atom is -0.370 e. The molecule has 0 saturated heterocycles. The van der Waals surface area contributed by atoms with E-state index in [2.05, 4.69) is 45.1 Å². The SMILES string of the molecule is CCCCCCCCCC(=O)N[C@@H](CCCN=C(N)N)C(=O)NCCCCCCCNC(=O)[C@H](CCCN=C(N)N)NC(=O)CCCCCCCCC. The Morgan fingerprint density at radius 2 is 0.774 bits per heavy atom. The zero-order valence-electron chi connectivity index (χ0n) is 33.5. The van der Waals surface area contributed by atoms with Gasteiger partial charge in [-0.15, -0.1) is 0 Å². The van der Waals surface area contributed by atoms with E-state index in [0.717, 1.165) is 70.6 Å². The zero-order valence-corrected chi connectivity index (χ0v) is 33.5. The molecule has 14 nitrogen and oxygen atoms in total. The third kappa shape index (κ3) is 32.8. The average Bonchev–Trinajstić information content (AvgIpc) is 3.12. The van der Waals surface area contributed by atoms with Crippen LogP contribution in [-0.2, 0) is 19.2 Å². The number of amides is 4. The molecular formula is C39H78N10O4. The normalized spacial score (nSPS) is 12.0. The number of aliphatic imine (C=N–C) groups is 2. The highest BCUT2D eigenvalue weighted by molar-refractivity contribution is 5.88. The van der Waals surface area contributed by atoms with Crippen LogP contribution in [0.4, 0.5) is 0 Å². The van der Waals surface area contributed by atoms with E-state index in [1.165, 1.54) is 51.4 Å². The van der Waals surface area contributed by atoms with Gasteiger partial charge in [0, 0.05) is 39.0 Å². The molecule has 0 aromatic heterocycles. The van der Waals surface area contributed by atoms with Gasteiger partial charge < -0.3 is 44.2 Å². The van der Waals surface area contributed by atoms with Crippen LogP contribution in [0.2, 0.25) is 0 Å². The summed E-state index contributed by atoms with van der Waals surface area (Å²) >= 11 is 0. The summed E-state index contributed by atoms with van der Waals surface area (Å²) < 4.78 is 0. The molecule has 4 amide bonds. The first kappa shape index (κ1) is 49.4. The predicted octanol–water partition coefficient (Wildman–Crippen LogP) is 4.53. The Morgan fingerprint density at radius 3 is 1.11 bits per heavy atom. The lowest BCUT2D eigenvalue weighted by Gasteiger charge is -2.19. The molecule has 0 radical (unpaired) electrons. The fourth-order valence-corrected chi connectivity index (χ4v) is 6.01. The van der Waals surface area contributed by atoms with E-state index in [4.69, 9.17) is 22.9 Å². The summed E-state index contributed by atoms with van der Waals surface area (Å²) in [4.78, 5) is 59.1. The molecule has 2 atom stereocenters. The molecule has 14 heteroatoms. The highest BCUT2D eigenvalue weighted by Gasteiger charge is 2.21. The van der Waals surface area contributed by atoms with Gasteiger partial charge in [0.1, 0.15) is 12.1 Å². The number of rotatable bonds is 36. The van der Waals surface area contributed by atoms with Gasteiger partial charge in [-0.2, -0.15) is 0 Å². The van der Waals surface area contributed by atoms with E-state index in [-0.39, 0.29) is 35.5 Å². The van der Waals surface area contributed by atoms with Crippen molar-refractivity contribution in [1.29, 1.82) is 0 Å². The third-order valence-electron chi connectivity index (χ3n) is 9.16. The second kappa shape index (κ2) is 35.4. The van der Waals surface area contributed by atoms with Gasteiger partial charge in [-0.1, -0.05) is 110 Å². The largest absolute Gasteiger partial charge is 0.370 e. The van der Waals surface area contributed by atoms with Crippen LogP contribution in [0.1, 0.15) is 174 Å². The first-order valence-electron chi connectivity index (χ1n) is 20.9. The summed E-state index contributed by atoms with van der Waals surface area (Å²) in [7, 11) is 0. The van der Waals surface area contributed by atoms with Crippen LogP contribution in [0.25, 0.3) is 0 Å². The topological polar surface area (TPSA) is 245 Å². The molecule has 0 aliphatic heterocycles. The second-order valence-corrected chi connectivity index (χ2v) is 14.2. The molecule has 0 unspecified atom stereocenters. The van der Waals surface area contributed by atoms with Crippen molar-refractivity contribution in [2.24, 2.45) is 32.9 Å². The first-order chi connectivity index (χ1) is 25.6. The Kier molecular flexibility index (Phi) is 33.1. The van der Waals surface area contributed by atoms with Gasteiger partial charge in [0.25, 0.3) is 0 Å². The van der Waals surface area contributed by atoms with Crippen LogP contribution in [0, 0.1) is 0 Å². The molecule has 0 aliphatic rings. The maximum absolute atomic E-state index is 13.0. The standard InChI is InChI=1S/C39H78N10O4/c1-3-5-7-9-11-14-18-26-34(50)48-32(24-22-30-46-38(40)41)36(52)44-28-20-16-13-17-21-29-45-37(53)33(25-23-31-47-39(42)43)49-35(51)27-19-15-12-10-8-6-4-2/h32-33H,3-31H2,1-2H3,(H,44,52)(H,45,53)(H,48,50)(H,49,51)(H4,40,41,46)(H4,42,43,47)/t32-,33-/m0/s1. The van der Waals surface area contributed by atoms with E-state index in [1.54, 1.807) is 0 Å². The van der Waals surface area contributed by atoms with Crippen LogP contribution < -0.4 is 44.2 Å². The second-order valence-electron chi connectivity index (χ2n) is 14.2. The third-order valence-corrected chi connectivity index (χ3v) is 9.16. The van der Waals surface area contributed by atoms with Crippen molar-refractivity contribution in [3.63, 3.8) is 0 Å². The Labute approximate surface area is 321 Å².